The summed E-state index contributed by atoms with van der Waals surface area (Å²) in [6, 6.07) is 6.91. The summed E-state index contributed by atoms with van der Waals surface area (Å²) in [6.07, 6.45) is 0.471. The normalized spacial score (nSPS) is 20.8. The first-order valence-electron chi connectivity index (χ1n) is 6.62. The minimum atomic E-state index is -3.01. The Morgan fingerprint density at radius 1 is 1.43 bits per heavy atom. The number of fused-ring (bicyclic) bond motifs is 1. The number of benzene rings is 1. The molecule has 2 aromatic rings. The van der Waals surface area contributed by atoms with Crippen LogP contribution in [-0.2, 0) is 16.9 Å². The molecule has 1 N–H and O–H groups in total. The van der Waals surface area contributed by atoms with Crippen LogP contribution in [0.5, 0.6) is 0 Å². The average Bonchev–Trinajstić information content (AvgIpc) is 2.92. The molecule has 1 aromatic heterocycles. The molecule has 5 nitrogen and oxygen atoms in total. The van der Waals surface area contributed by atoms with E-state index in [9.17, 15) is 13.2 Å². The number of nitrogens with one attached hydrogen (secondary N) is 1. The zero-order valence-electron chi connectivity index (χ0n) is 11.5. The van der Waals surface area contributed by atoms with E-state index < -0.39 is 9.84 Å². The molecule has 21 heavy (non-hydrogen) atoms. The fourth-order valence-electron chi connectivity index (χ4n) is 2.71. The quantitative estimate of drug-likeness (QED) is 0.914. The van der Waals surface area contributed by atoms with Crippen LogP contribution in [0.25, 0.3) is 10.9 Å². The van der Waals surface area contributed by atoms with Gasteiger partial charge in [0.1, 0.15) is 5.69 Å². The summed E-state index contributed by atoms with van der Waals surface area (Å²) in [4.78, 5) is 12.3. The maximum atomic E-state index is 12.3. The summed E-state index contributed by atoms with van der Waals surface area (Å²) < 4.78 is 24.6. The van der Waals surface area contributed by atoms with Gasteiger partial charge in [0.2, 0.25) is 0 Å². The molecule has 0 aliphatic carbocycles. The summed E-state index contributed by atoms with van der Waals surface area (Å²) in [5, 5.41) is 4.19. The lowest BCUT2D eigenvalue weighted by Crippen LogP contribution is -2.36. The third kappa shape index (κ3) is 2.65. The van der Waals surface area contributed by atoms with Crippen molar-refractivity contribution in [2.45, 2.75) is 12.5 Å². The minimum Gasteiger partial charge on any atom is -0.347 e. The van der Waals surface area contributed by atoms with E-state index in [2.05, 4.69) is 5.32 Å². The molecule has 1 saturated heterocycles. The first-order chi connectivity index (χ1) is 9.87. The van der Waals surface area contributed by atoms with Crippen molar-refractivity contribution in [2.75, 3.05) is 11.5 Å². The van der Waals surface area contributed by atoms with Crippen molar-refractivity contribution < 1.29 is 13.2 Å². The van der Waals surface area contributed by atoms with Gasteiger partial charge in [0.25, 0.3) is 5.91 Å². The molecule has 1 aromatic carbocycles. The highest BCUT2D eigenvalue weighted by molar-refractivity contribution is 7.91. The number of rotatable bonds is 2. The Hall–Kier alpha value is -1.53. The number of halogens is 1. The summed E-state index contributed by atoms with van der Waals surface area (Å²) in [5.41, 5.74) is 1.34. The van der Waals surface area contributed by atoms with E-state index >= 15 is 0 Å². The molecule has 3 rings (SSSR count). The molecule has 1 aliphatic heterocycles. The van der Waals surface area contributed by atoms with Gasteiger partial charge in [-0.3, -0.25) is 4.79 Å². The van der Waals surface area contributed by atoms with Crippen molar-refractivity contribution in [1.29, 1.82) is 0 Å². The standard InChI is InChI=1S/C14H15ClN2O3S/c1-17-12-4-2-3-11(15)10(12)7-13(17)14(18)16-9-5-6-21(19,20)8-9/h2-4,7,9H,5-6,8H2,1H3,(H,16,18). The average molecular weight is 327 g/mol. The maximum absolute atomic E-state index is 12.3. The molecule has 0 saturated carbocycles. The van der Waals surface area contributed by atoms with Crippen molar-refractivity contribution in [1.82, 2.24) is 9.88 Å². The van der Waals surface area contributed by atoms with E-state index in [-0.39, 0.29) is 23.5 Å². The number of aryl methyl sites for hydroxylation is 1. The van der Waals surface area contributed by atoms with Crippen LogP contribution in [0, 0.1) is 0 Å². The van der Waals surface area contributed by atoms with Crippen molar-refractivity contribution in [2.24, 2.45) is 7.05 Å². The smallest absolute Gasteiger partial charge is 0.268 e. The summed E-state index contributed by atoms with van der Waals surface area (Å²) in [5.74, 6) is -0.116. The van der Waals surface area contributed by atoms with Crippen LogP contribution in [-0.4, -0.2) is 36.4 Å². The fraction of sp³-hybridized carbons (Fsp3) is 0.357. The van der Waals surface area contributed by atoms with Crippen LogP contribution >= 0.6 is 11.6 Å². The second-order valence-corrected chi connectivity index (χ2v) is 7.97. The van der Waals surface area contributed by atoms with E-state index in [1.165, 1.54) is 0 Å². The molecular formula is C14H15ClN2O3S. The summed E-state index contributed by atoms with van der Waals surface area (Å²) >= 11 is 6.13. The van der Waals surface area contributed by atoms with Crippen molar-refractivity contribution >= 4 is 38.2 Å². The maximum Gasteiger partial charge on any atom is 0.268 e. The lowest BCUT2D eigenvalue weighted by molar-refractivity contribution is 0.0933. The topological polar surface area (TPSA) is 68.2 Å². The fourth-order valence-corrected chi connectivity index (χ4v) is 4.61. The first-order valence-corrected chi connectivity index (χ1v) is 8.82. The zero-order chi connectivity index (χ0) is 15.2. The minimum absolute atomic E-state index is 0.0173. The molecule has 112 valence electrons. The van der Waals surface area contributed by atoms with Gasteiger partial charge in [-0.25, -0.2) is 8.42 Å². The lowest BCUT2D eigenvalue weighted by Gasteiger charge is -2.11. The lowest BCUT2D eigenvalue weighted by atomic mass is 10.2. The van der Waals surface area contributed by atoms with Crippen LogP contribution in [0.1, 0.15) is 16.9 Å². The number of carbonyl (C=O) groups excluding carboxylic acids is 1. The molecule has 0 radical (unpaired) electrons. The Labute approximate surface area is 127 Å². The van der Waals surface area contributed by atoms with Crippen molar-refractivity contribution in [3.05, 3.63) is 35.0 Å². The summed E-state index contributed by atoms with van der Waals surface area (Å²) in [6.45, 7) is 0. The highest BCUT2D eigenvalue weighted by Crippen LogP contribution is 2.26. The van der Waals surface area contributed by atoms with Gasteiger partial charge in [0, 0.05) is 29.0 Å². The molecule has 0 bridgehead atoms. The molecule has 1 amide bonds. The number of nitrogens with zero attached hydrogens (tertiary/aromatic N) is 1. The number of amides is 1. The zero-order valence-corrected chi connectivity index (χ0v) is 13.0. The second kappa shape index (κ2) is 5.03. The Morgan fingerprint density at radius 3 is 2.81 bits per heavy atom. The molecule has 0 spiro atoms. The van der Waals surface area contributed by atoms with Gasteiger partial charge in [0.05, 0.1) is 11.5 Å². The highest BCUT2D eigenvalue weighted by Gasteiger charge is 2.29. The van der Waals surface area contributed by atoms with Gasteiger partial charge in [-0.1, -0.05) is 17.7 Å². The van der Waals surface area contributed by atoms with Gasteiger partial charge in [-0.05, 0) is 24.6 Å². The number of hydrogen-bond donors (Lipinski definition) is 1. The number of hydrogen-bond acceptors (Lipinski definition) is 3. The molecule has 2 heterocycles. The second-order valence-electron chi connectivity index (χ2n) is 5.33. The molecular weight excluding hydrogens is 312 g/mol. The molecule has 1 atom stereocenters. The highest BCUT2D eigenvalue weighted by atomic mass is 35.5. The van der Waals surface area contributed by atoms with Crippen molar-refractivity contribution in [3.8, 4) is 0 Å². The van der Waals surface area contributed by atoms with E-state index in [0.717, 1.165) is 10.9 Å². The van der Waals surface area contributed by atoms with Crippen LogP contribution in [0.15, 0.2) is 24.3 Å². The third-order valence-corrected chi connectivity index (χ3v) is 5.93. The van der Waals surface area contributed by atoms with Crippen LogP contribution in [0.3, 0.4) is 0 Å². The van der Waals surface area contributed by atoms with Gasteiger partial charge in [-0.15, -0.1) is 0 Å². The van der Waals surface area contributed by atoms with Crippen LogP contribution in [0.4, 0.5) is 0 Å². The largest absolute Gasteiger partial charge is 0.347 e. The first kappa shape index (κ1) is 14.4. The van der Waals surface area contributed by atoms with E-state index in [1.807, 2.05) is 12.1 Å². The third-order valence-electron chi connectivity index (χ3n) is 3.83. The Morgan fingerprint density at radius 2 is 2.19 bits per heavy atom. The number of sulfone groups is 1. The van der Waals surface area contributed by atoms with E-state index in [1.54, 1.807) is 23.7 Å². The monoisotopic (exact) mass is 326 g/mol. The predicted octanol–water partition coefficient (Wildman–Crippen LogP) is 1.75. The van der Waals surface area contributed by atoms with Crippen LogP contribution in [0.2, 0.25) is 5.02 Å². The molecule has 1 aliphatic rings. The number of carbonyl (C=O) groups is 1. The Balaban J connectivity index is 1.89. The number of aromatic nitrogens is 1. The van der Waals surface area contributed by atoms with Crippen LogP contribution < -0.4 is 5.32 Å². The Kier molecular flexibility index (Phi) is 3.45. The van der Waals surface area contributed by atoms with Crippen molar-refractivity contribution in [3.63, 3.8) is 0 Å². The molecule has 7 heteroatoms. The molecule has 1 fully saturated rings. The van der Waals surface area contributed by atoms with E-state index in [4.69, 9.17) is 11.6 Å². The molecule has 1 unspecified atom stereocenters. The summed E-state index contributed by atoms with van der Waals surface area (Å²) in [7, 11) is -1.22. The predicted molar refractivity (Wildman–Crippen MR) is 82.5 cm³/mol. The van der Waals surface area contributed by atoms with Gasteiger partial charge < -0.3 is 9.88 Å². The van der Waals surface area contributed by atoms with E-state index in [0.29, 0.717) is 17.1 Å². The Bertz CT molecular complexity index is 826. The SMILES string of the molecule is Cn1c(C(=O)NC2CCS(=O)(=O)C2)cc2c(Cl)cccc21. The van der Waals surface area contributed by atoms with Gasteiger partial charge in [-0.2, -0.15) is 0 Å². The van der Waals surface area contributed by atoms with Gasteiger partial charge >= 0.3 is 0 Å². The van der Waals surface area contributed by atoms with Gasteiger partial charge in [0.15, 0.2) is 9.84 Å².